The molecule has 2 atom stereocenters. The van der Waals surface area contributed by atoms with Crippen molar-refractivity contribution in [3.05, 3.63) is 0 Å². The zero-order chi connectivity index (χ0) is 10.6. The average molecular weight is 200 g/mol. The topological polar surface area (TPSA) is 75.3 Å². The molecule has 1 aliphatic carbocycles. The summed E-state index contributed by atoms with van der Waals surface area (Å²) >= 11 is 0. The highest BCUT2D eigenvalue weighted by molar-refractivity contribution is 5.79. The van der Waals surface area contributed by atoms with Crippen LogP contribution in [0.4, 0.5) is 0 Å². The van der Waals surface area contributed by atoms with Gasteiger partial charge in [-0.1, -0.05) is 19.3 Å². The number of hydrogen-bond acceptors (Lipinski definition) is 3. The molecule has 82 valence electrons. The van der Waals surface area contributed by atoms with Gasteiger partial charge in [0.25, 0.3) is 0 Å². The van der Waals surface area contributed by atoms with E-state index in [0.29, 0.717) is 6.04 Å². The fourth-order valence-corrected chi connectivity index (χ4v) is 1.98. The highest BCUT2D eigenvalue weighted by atomic mass is 16.3. The van der Waals surface area contributed by atoms with Crippen LogP contribution in [0.5, 0.6) is 0 Å². The molecule has 0 saturated heterocycles. The molecule has 0 aliphatic heterocycles. The van der Waals surface area contributed by atoms with Gasteiger partial charge in [0.05, 0.1) is 0 Å². The maximum atomic E-state index is 10.7. The van der Waals surface area contributed by atoms with Crippen molar-refractivity contribution in [1.29, 1.82) is 0 Å². The molecule has 0 heterocycles. The third kappa shape index (κ3) is 3.27. The third-order valence-electron chi connectivity index (χ3n) is 2.87. The quantitative estimate of drug-likeness (QED) is 0.604. The number of nitrogens with one attached hydrogen (secondary N) is 1. The Morgan fingerprint density at radius 1 is 1.43 bits per heavy atom. The van der Waals surface area contributed by atoms with Gasteiger partial charge < -0.3 is 16.2 Å². The van der Waals surface area contributed by atoms with Crippen LogP contribution in [0.3, 0.4) is 0 Å². The fraction of sp³-hybridized carbons (Fsp3) is 0.900. The highest BCUT2D eigenvalue weighted by Gasteiger charge is 2.23. The summed E-state index contributed by atoms with van der Waals surface area (Å²) in [5.74, 6) is -0.652. The van der Waals surface area contributed by atoms with E-state index in [0.717, 1.165) is 12.8 Å². The molecule has 1 amide bonds. The maximum Gasteiger partial charge on any atom is 0.247 e. The largest absolute Gasteiger partial charge is 0.382 e. The average Bonchev–Trinajstić information content (AvgIpc) is 2.18. The Labute approximate surface area is 84.9 Å². The molecule has 0 radical (unpaired) electrons. The number of primary amides is 1. The number of rotatable bonds is 4. The van der Waals surface area contributed by atoms with Crippen LogP contribution in [-0.2, 0) is 4.79 Å². The molecule has 4 N–H and O–H groups in total. The van der Waals surface area contributed by atoms with E-state index >= 15 is 0 Å². The van der Waals surface area contributed by atoms with E-state index in [4.69, 9.17) is 5.73 Å². The van der Waals surface area contributed by atoms with Crippen molar-refractivity contribution in [1.82, 2.24) is 5.32 Å². The summed E-state index contributed by atoms with van der Waals surface area (Å²) in [6.07, 6.45) is 4.96. The second kappa shape index (κ2) is 5.32. The van der Waals surface area contributed by atoms with Crippen molar-refractivity contribution in [3.63, 3.8) is 0 Å². The van der Waals surface area contributed by atoms with Crippen LogP contribution in [0.15, 0.2) is 0 Å². The van der Waals surface area contributed by atoms with Gasteiger partial charge in [-0.25, -0.2) is 0 Å². The normalized spacial score (nSPS) is 23.0. The van der Waals surface area contributed by atoms with Crippen LogP contribution in [0.25, 0.3) is 0 Å². The molecule has 1 aliphatic rings. The molecule has 0 aromatic heterocycles. The van der Waals surface area contributed by atoms with Crippen LogP contribution in [0.1, 0.15) is 39.0 Å². The van der Waals surface area contributed by atoms with E-state index < -0.39 is 12.0 Å². The number of hydrogen-bond donors (Lipinski definition) is 3. The SMILES string of the molecule is CC(NC1CCCCC1)C(O)C(N)=O. The third-order valence-corrected chi connectivity index (χ3v) is 2.87. The molecule has 1 rings (SSSR count). The fourth-order valence-electron chi connectivity index (χ4n) is 1.98. The predicted octanol–water partition coefficient (Wildman–Crippen LogP) is 0.143. The second-order valence-electron chi connectivity index (χ2n) is 4.14. The molecule has 4 heteroatoms. The Morgan fingerprint density at radius 2 is 2.00 bits per heavy atom. The van der Waals surface area contributed by atoms with E-state index in [1.807, 2.05) is 0 Å². The standard InChI is InChI=1S/C10H20N2O2/c1-7(9(13)10(11)14)12-8-5-3-2-4-6-8/h7-9,12-13H,2-6H2,1H3,(H2,11,14). The van der Waals surface area contributed by atoms with Crippen molar-refractivity contribution >= 4 is 5.91 Å². The molecule has 0 spiro atoms. The first kappa shape index (κ1) is 11.5. The molecular formula is C10H20N2O2. The number of carbonyl (C=O) groups excluding carboxylic acids is 1. The first-order valence-corrected chi connectivity index (χ1v) is 5.34. The van der Waals surface area contributed by atoms with Gasteiger partial charge in [0.1, 0.15) is 6.10 Å². The lowest BCUT2D eigenvalue weighted by Gasteiger charge is -2.28. The number of aliphatic hydroxyl groups excluding tert-OH is 1. The molecule has 0 aromatic carbocycles. The lowest BCUT2D eigenvalue weighted by molar-refractivity contribution is -0.127. The maximum absolute atomic E-state index is 10.7. The van der Waals surface area contributed by atoms with Crippen LogP contribution in [-0.4, -0.2) is 29.2 Å². The molecule has 4 nitrogen and oxygen atoms in total. The predicted molar refractivity (Wildman–Crippen MR) is 54.7 cm³/mol. The van der Waals surface area contributed by atoms with Crippen molar-refractivity contribution in [2.24, 2.45) is 5.73 Å². The summed E-state index contributed by atoms with van der Waals surface area (Å²) in [5.41, 5.74) is 5.01. The van der Waals surface area contributed by atoms with Crippen LogP contribution >= 0.6 is 0 Å². The van der Waals surface area contributed by atoms with E-state index in [2.05, 4.69) is 5.32 Å². The van der Waals surface area contributed by atoms with Crippen molar-refractivity contribution in [3.8, 4) is 0 Å². The Kier molecular flexibility index (Phi) is 4.35. The van der Waals surface area contributed by atoms with E-state index in [9.17, 15) is 9.90 Å². The molecule has 1 fully saturated rings. The van der Waals surface area contributed by atoms with Gasteiger partial charge in [-0.2, -0.15) is 0 Å². The lowest BCUT2D eigenvalue weighted by atomic mass is 9.94. The van der Waals surface area contributed by atoms with E-state index in [1.54, 1.807) is 6.92 Å². The summed E-state index contributed by atoms with van der Waals surface area (Å²) in [5, 5.41) is 12.6. The Bertz CT molecular complexity index is 191. The van der Waals surface area contributed by atoms with Crippen LogP contribution < -0.4 is 11.1 Å². The summed E-state index contributed by atoms with van der Waals surface area (Å²) in [4.78, 5) is 10.7. The smallest absolute Gasteiger partial charge is 0.247 e. The monoisotopic (exact) mass is 200 g/mol. The number of amides is 1. The molecule has 0 bridgehead atoms. The molecule has 2 unspecified atom stereocenters. The zero-order valence-corrected chi connectivity index (χ0v) is 8.70. The van der Waals surface area contributed by atoms with Crippen molar-refractivity contribution in [2.75, 3.05) is 0 Å². The Hall–Kier alpha value is -0.610. The van der Waals surface area contributed by atoms with Crippen molar-refractivity contribution in [2.45, 2.75) is 57.2 Å². The highest BCUT2D eigenvalue weighted by Crippen LogP contribution is 2.18. The Morgan fingerprint density at radius 3 is 2.50 bits per heavy atom. The molecule has 0 aromatic rings. The van der Waals surface area contributed by atoms with Crippen molar-refractivity contribution < 1.29 is 9.90 Å². The van der Waals surface area contributed by atoms with E-state index in [-0.39, 0.29) is 6.04 Å². The second-order valence-corrected chi connectivity index (χ2v) is 4.14. The first-order chi connectivity index (χ1) is 6.61. The zero-order valence-electron chi connectivity index (χ0n) is 8.70. The Balaban J connectivity index is 2.31. The minimum atomic E-state index is -1.07. The minimum absolute atomic E-state index is 0.240. The van der Waals surface area contributed by atoms with Gasteiger partial charge in [-0.3, -0.25) is 4.79 Å². The first-order valence-electron chi connectivity index (χ1n) is 5.34. The summed E-state index contributed by atoms with van der Waals surface area (Å²) in [6, 6.07) is 0.198. The summed E-state index contributed by atoms with van der Waals surface area (Å²) < 4.78 is 0. The van der Waals surface area contributed by atoms with Gasteiger partial charge in [0.2, 0.25) is 5.91 Å². The molecule has 14 heavy (non-hydrogen) atoms. The van der Waals surface area contributed by atoms with Gasteiger partial charge in [0.15, 0.2) is 0 Å². The van der Waals surface area contributed by atoms with E-state index in [1.165, 1.54) is 19.3 Å². The lowest BCUT2D eigenvalue weighted by Crippen LogP contribution is -2.49. The molecular weight excluding hydrogens is 180 g/mol. The summed E-state index contributed by atoms with van der Waals surface area (Å²) in [6.45, 7) is 1.80. The number of nitrogens with two attached hydrogens (primary N) is 1. The van der Waals surface area contributed by atoms with Gasteiger partial charge >= 0.3 is 0 Å². The van der Waals surface area contributed by atoms with Gasteiger partial charge in [0, 0.05) is 12.1 Å². The van der Waals surface area contributed by atoms with Gasteiger partial charge in [-0.15, -0.1) is 0 Å². The van der Waals surface area contributed by atoms with Gasteiger partial charge in [-0.05, 0) is 19.8 Å². The van der Waals surface area contributed by atoms with Crippen LogP contribution in [0, 0.1) is 0 Å². The molecule has 1 saturated carbocycles. The number of carbonyl (C=O) groups is 1. The van der Waals surface area contributed by atoms with Crippen LogP contribution in [0.2, 0.25) is 0 Å². The minimum Gasteiger partial charge on any atom is -0.382 e. The summed E-state index contributed by atoms with van der Waals surface area (Å²) in [7, 11) is 0. The number of aliphatic hydroxyl groups is 1.